The Morgan fingerprint density at radius 2 is 1.92 bits per heavy atom. The molecule has 0 saturated heterocycles. The summed E-state index contributed by atoms with van der Waals surface area (Å²) in [6.45, 7) is 7.56. The van der Waals surface area contributed by atoms with Gasteiger partial charge in [-0.2, -0.15) is 5.26 Å². The lowest BCUT2D eigenvalue weighted by Gasteiger charge is -2.23. The minimum Gasteiger partial charge on any atom is -0.490 e. The first-order valence-corrected chi connectivity index (χ1v) is 8.01. The Morgan fingerprint density at radius 3 is 2.48 bits per heavy atom. The lowest BCUT2D eigenvalue weighted by atomic mass is 10.1. The highest BCUT2D eigenvalue weighted by Gasteiger charge is 2.18. The number of ether oxygens (including phenoxy) is 2. The van der Waals surface area contributed by atoms with Crippen LogP contribution in [0.1, 0.15) is 33.3 Å². The molecule has 0 spiro atoms. The average molecular weight is 347 g/mol. The van der Waals surface area contributed by atoms with Crippen LogP contribution in [0.5, 0.6) is 11.5 Å². The van der Waals surface area contributed by atoms with E-state index < -0.39 is 0 Å². The molecule has 0 aliphatic heterocycles. The Labute approximate surface area is 148 Å². The normalized spacial score (nSPS) is 10.6. The van der Waals surface area contributed by atoms with Crippen molar-refractivity contribution in [2.24, 2.45) is 0 Å². The van der Waals surface area contributed by atoms with Gasteiger partial charge in [0.2, 0.25) is 5.91 Å². The van der Waals surface area contributed by atoms with Gasteiger partial charge in [0.05, 0.1) is 24.8 Å². The lowest BCUT2D eigenvalue weighted by molar-refractivity contribution is -0.136. The molecular formula is C18H25N3O4. The molecule has 0 aliphatic carbocycles. The number of rotatable bonds is 7. The van der Waals surface area contributed by atoms with Gasteiger partial charge in [0.15, 0.2) is 18.1 Å². The first-order chi connectivity index (χ1) is 11.7. The van der Waals surface area contributed by atoms with E-state index in [-0.39, 0.29) is 30.5 Å². The minimum atomic E-state index is -0.355. The van der Waals surface area contributed by atoms with Gasteiger partial charge >= 0.3 is 0 Å². The number of nitrogens with zero attached hydrogens (tertiary/aromatic N) is 2. The Hall–Kier alpha value is -2.75. The average Bonchev–Trinajstić information content (AvgIpc) is 2.51. The van der Waals surface area contributed by atoms with E-state index in [4.69, 9.17) is 14.7 Å². The quantitative estimate of drug-likeness (QED) is 0.811. The Balaban J connectivity index is 2.64. The maximum absolute atomic E-state index is 12.1. The maximum atomic E-state index is 12.1. The van der Waals surface area contributed by atoms with E-state index in [1.165, 1.54) is 11.9 Å². The molecule has 2 amide bonds. The Morgan fingerprint density at radius 1 is 1.24 bits per heavy atom. The summed E-state index contributed by atoms with van der Waals surface area (Å²) in [6, 6.07) is 6.75. The zero-order valence-electron chi connectivity index (χ0n) is 15.4. The van der Waals surface area contributed by atoms with Gasteiger partial charge < -0.3 is 19.7 Å². The molecule has 0 unspecified atom stereocenters. The number of hydrogen-bond donors (Lipinski definition) is 1. The third-order valence-electron chi connectivity index (χ3n) is 3.04. The van der Waals surface area contributed by atoms with Crippen molar-refractivity contribution in [2.75, 3.05) is 26.8 Å². The highest BCUT2D eigenvalue weighted by molar-refractivity contribution is 5.85. The van der Waals surface area contributed by atoms with Gasteiger partial charge in [0.25, 0.3) is 5.91 Å². The fraction of sp³-hybridized carbons (Fsp3) is 0.500. The van der Waals surface area contributed by atoms with Crippen LogP contribution >= 0.6 is 0 Å². The van der Waals surface area contributed by atoms with Crippen LogP contribution in [0.3, 0.4) is 0 Å². The Kier molecular flexibility index (Phi) is 7.24. The summed E-state index contributed by atoms with van der Waals surface area (Å²) in [5.41, 5.74) is 0.0879. The van der Waals surface area contributed by atoms with E-state index in [1.54, 1.807) is 18.2 Å². The van der Waals surface area contributed by atoms with Crippen molar-refractivity contribution in [3.63, 3.8) is 0 Å². The molecular weight excluding hydrogens is 322 g/mol. The first kappa shape index (κ1) is 20.3. The fourth-order valence-electron chi connectivity index (χ4n) is 1.98. The molecule has 1 aromatic rings. The summed E-state index contributed by atoms with van der Waals surface area (Å²) >= 11 is 0. The number of hydrogen-bond acceptors (Lipinski definition) is 5. The molecule has 7 nitrogen and oxygen atoms in total. The monoisotopic (exact) mass is 347 g/mol. The molecule has 0 aromatic heterocycles. The van der Waals surface area contributed by atoms with Crippen LogP contribution in [-0.2, 0) is 9.59 Å². The minimum absolute atomic E-state index is 0.0504. The zero-order chi connectivity index (χ0) is 19.0. The number of nitriles is 1. The molecule has 7 heteroatoms. The first-order valence-electron chi connectivity index (χ1n) is 8.01. The maximum Gasteiger partial charge on any atom is 0.260 e. The summed E-state index contributed by atoms with van der Waals surface area (Å²) in [5, 5.41) is 11.7. The highest BCUT2D eigenvalue weighted by atomic mass is 16.5. The summed E-state index contributed by atoms with van der Waals surface area (Å²) in [4.78, 5) is 25.3. The second-order valence-corrected chi connectivity index (χ2v) is 6.54. The fourth-order valence-corrected chi connectivity index (χ4v) is 1.98. The van der Waals surface area contributed by atoms with Gasteiger partial charge in [0.1, 0.15) is 0 Å². The number of nitrogens with one attached hydrogen (secondary N) is 1. The van der Waals surface area contributed by atoms with Crippen LogP contribution in [0, 0.1) is 11.3 Å². The molecule has 0 radical (unpaired) electrons. The van der Waals surface area contributed by atoms with E-state index in [0.29, 0.717) is 23.7 Å². The topological polar surface area (TPSA) is 91.7 Å². The lowest BCUT2D eigenvalue weighted by Crippen LogP contribution is -2.47. The zero-order valence-corrected chi connectivity index (χ0v) is 15.4. The van der Waals surface area contributed by atoms with Crippen molar-refractivity contribution >= 4 is 11.8 Å². The van der Waals surface area contributed by atoms with Gasteiger partial charge in [-0.1, -0.05) is 0 Å². The van der Waals surface area contributed by atoms with E-state index in [0.717, 1.165) is 0 Å². The third kappa shape index (κ3) is 7.12. The second-order valence-electron chi connectivity index (χ2n) is 6.54. The van der Waals surface area contributed by atoms with Gasteiger partial charge in [-0.05, 0) is 39.8 Å². The largest absolute Gasteiger partial charge is 0.490 e. The third-order valence-corrected chi connectivity index (χ3v) is 3.04. The standard InChI is InChI=1S/C18H25N3O4/c1-6-24-15-9-13(10-19)7-8-14(15)25-12-17(23)21(5)11-16(22)20-18(2,3)4/h7-9H,6,11-12H2,1-5H3,(H,20,22). The van der Waals surface area contributed by atoms with E-state index in [9.17, 15) is 9.59 Å². The molecule has 136 valence electrons. The number of benzene rings is 1. The molecule has 0 fully saturated rings. The van der Waals surface area contributed by atoms with E-state index in [1.807, 2.05) is 33.8 Å². The molecule has 0 bridgehead atoms. The van der Waals surface area contributed by atoms with Gasteiger partial charge in [0, 0.05) is 18.7 Å². The smallest absolute Gasteiger partial charge is 0.260 e. The van der Waals surface area contributed by atoms with E-state index in [2.05, 4.69) is 5.32 Å². The number of likely N-dealkylation sites (N-methyl/N-ethyl adjacent to an activating group) is 1. The van der Waals surface area contributed by atoms with Crippen molar-refractivity contribution in [1.82, 2.24) is 10.2 Å². The van der Waals surface area contributed by atoms with Crippen molar-refractivity contribution in [2.45, 2.75) is 33.2 Å². The molecule has 1 N–H and O–H groups in total. The Bertz CT molecular complexity index is 659. The molecule has 0 atom stereocenters. The van der Waals surface area contributed by atoms with Gasteiger partial charge in [-0.25, -0.2) is 0 Å². The van der Waals surface area contributed by atoms with Crippen molar-refractivity contribution in [3.05, 3.63) is 23.8 Å². The highest BCUT2D eigenvalue weighted by Crippen LogP contribution is 2.28. The molecule has 0 heterocycles. The summed E-state index contributed by atoms with van der Waals surface area (Å²) in [5.74, 6) is 0.205. The second kappa shape index (κ2) is 8.92. The van der Waals surface area contributed by atoms with Crippen LogP contribution in [0.2, 0.25) is 0 Å². The predicted molar refractivity (Wildman–Crippen MR) is 93.4 cm³/mol. The van der Waals surface area contributed by atoms with E-state index >= 15 is 0 Å². The van der Waals surface area contributed by atoms with Crippen molar-refractivity contribution < 1.29 is 19.1 Å². The van der Waals surface area contributed by atoms with Crippen LogP contribution in [0.4, 0.5) is 0 Å². The molecule has 0 aliphatic rings. The van der Waals surface area contributed by atoms with Crippen molar-refractivity contribution in [1.29, 1.82) is 5.26 Å². The van der Waals surface area contributed by atoms with Gasteiger partial charge in [-0.15, -0.1) is 0 Å². The van der Waals surface area contributed by atoms with Crippen LogP contribution < -0.4 is 14.8 Å². The van der Waals surface area contributed by atoms with Crippen LogP contribution in [-0.4, -0.2) is 49.1 Å². The number of carbonyl (C=O) groups is 2. The summed E-state index contributed by atoms with van der Waals surface area (Å²) in [6.07, 6.45) is 0. The van der Waals surface area contributed by atoms with Gasteiger partial charge in [-0.3, -0.25) is 9.59 Å². The molecule has 25 heavy (non-hydrogen) atoms. The number of amides is 2. The molecule has 1 aromatic carbocycles. The SMILES string of the molecule is CCOc1cc(C#N)ccc1OCC(=O)N(C)CC(=O)NC(C)(C)C. The summed E-state index contributed by atoms with van der Waals surface area (Å²) < 4.78 is 10.9. The summed E-state index contributed by atoms with van der Waals surface area (Å²) in [7, 11) is 1.54. The van der Waals surface area contributed by atoms with Crippen molar-refractivity contribution in [3.8, 4) is 17.6 Å². The van der Waals surface area contributed by atoms with Crippen LogP contribution in [0.25, 0.3) is 0 Å². The predicted octanol–water partition coefficient (Wildman–Crippen LogP) is 1.71. The molecule has 0 saturated carbocycles. The van der Waals surface area contributed by atoms with Crippen LogP contribution in [0.15, 0.2) is 18.2 Å². The molecule has 1 rings (SSSR count). The number of carbonyl (C=O) groups excluding carboxylic acids is 2.